The van der Waals surface area contributed by atoms with Crippen LogP contribution in [0.4, 0.5) is 17.3 Å². The highest BCUT2D eigenvalue weighted by Crippen LogP contribution is 2.29. The van der Waals surface area contributed by atoms with Gasteiger partial charge in [-0.15, -0.1) is 0 Å². The molecule has 0 atom stereocenters. The van der Waals surface area contributed by atoms with E-state index < -0.39 is 0 Å². The van der Waals surface area contributed by atoms with E-state index >= 15 is 0 Å². The van der Waals surface area contributed by atoms with E-state index in [0.29, 0.717) is 22.4 Å². The Labute approximate surface area is 162 Å². The van der Waals surface area contributed by atoms with Gasteiger partial charge in [0.2, 0.25) is 5.95 Å². The summed E-state index contributed by atoms with van der Waals surface area (Å²) in [4.78, 5) is 20.9. The standard InChI is InChI=1S/C20H19ClN4O2/c1-12-10-13(2)18(16(21)11-12)25-20-22-9-8-17(24-20)19(26)23-14-4-6-15(27-3)7-5-14/h4-11H,1-3H3,(H,23,26)(H,22,24,25). The highest BCUT2D eigenvalue weighted by molar-refractivity contribution is 6.33. The molecule has 0 aliphatic heterocycles. The highest BCUT2D eigenvalue weighted by Gasteiger charge is 2.12. The van der Waals surface area contributed by atoms with Crippen LogP contribution in [0.25, 0.3) is 0 Å². The van der Waals surface area contributed by atoms with Gasteiger partial charge in [-0.25, -0.2) is 9.97 Å². The molecule has 7 heteroatoms. The summed E-state index contributed by atoms with van der Waals surface area (Å²) in [5.74, 6) is 0.676. The molecule has 0 aliphatic carbocycles. The second-order valence-electron chi connectivity index (χ2n) is 6.01. The van der Waals surface area contributed by atoms with Gasteiger partial charge in [0.05, 0.1) is 17.8 Å². The highest BCUT2D eigenvalue weighted by atomic mass is 35.5. The van der Waals surface area contributed by atoms with Crippen molar-refractivity contribution in [2.24, 2.45) is 0 Å². The molecule has 1 heterocycles. The van der Waals surface area contributed by atoms with E-state index in [1.807, 2.05) is 26.0 Å². The number of amides is 1. The van der Waals surface area contributed by atoms with Gasteiger partial charge in [0.15, 0.2) is 0 Å². The number of rotatable bonds is 5. The first kappa shape index (κ1) is 18.7. The summed E-state index contributed by atoms with van der Waals surface area (Å²) in [6.07, 6.45) is 1.52. The molecular formula is C20H19ClN4O2. The van der Waals surface area contributed by atoms with E-state index in [-0.39, 0.29) is 11.6 Å². The molecule has 0 unspecified atom stereocenters. The fourth-order valence-electron chi connectivity index (χ4n) is 2.60. The van der Waals surface area contributed by atoms with E-state index in [4.69, 9.17) is 16.3 Å². The summed E-state index contributed by atoms with van der Waals surface area (Å²) in [6, 6.07) is 12.5. The Morgan fingerprint density at radius 2 is 1.85 bits per heavy atom. The predicted molar refractivity (Wildman–Crippen MR) is 107 cm³/mol. The van der Waals surface area contributed by atoms with Gasteiger partial charge in [0.1, 0.15) is 11.4 Å². The molecule has 6 nitrogen and oxygen atoms in total. The number of nitrogens with one attached hydrogen (secondary N) is 2. The van der Waals surface area contributed by atoms with Crippen LogP contribution in [0.2, 0.25) is 5.02 Å². The molecular weight excluding hydrogens is 364 g/mol. The molecule has 1 aromatic heterocycles. The van der Waals surface area contributed by atoms with Crippen LogP contribution in [-0.2, 0) is 0 Å². The Bertz CT molecular complexity index is 951. The topological polar surface area (TPSA) is 76.1 Å². The summed E-state index contributed by atoms with van der Waals surface area (Å²) < 4.78 is 5.11. The van der Waals surface area contributed by atoms with Crippen molar-refractivity contribution in [3.05, 3.63) is 70.5 Å². The van der Waals surface area contributed by atoms with Crippen LogP contribution < -0.4 is 15.4 Å². The smallest absolute Gasteiger partial charge is 0.274 e. The second kappa shape index (κ2) is 8.05. The van der Waals surface area contributed by atoms with Crippen molar-refractivity contribution in [3.8, 4) is 5.75 Å². The van der Waals surface area contributed by atoms with Crippen LogP contribution >= 0.6 is 11.6 Å². The van der Waals surface area contributed by atoms with Gasteiger partial charge in [-0.1, -0.05) is 17.7 Å². The van der Waals surface area contributed by atoms with Crippen LogP contribution in [0.1, 0.15) is 21.6 Å². The molecule has 0 fully saturated rings. The van der Waals surface area contributed by atoms with Gasteiger partial charge < -0.3 is 15.4 Å². The maximum absolute atomic E-state index is 12.5. The number of carbonyl (C=O) groups excluding carboxylic acids is 1. The van der Waals surface area contributed by atoms with Crippen molar-refractivity contribution >= 4 is 34.8 Å². The SMILES string of the molecule is COc1ccc(NC(=O)c2ccnc(Nc3c(C)cc(C)cc3Cl)n2)cc1. The summed E-state index contributed by atoms with van der Waals surface area (Å²) >= 11 is 6.31. The number of hydrogen-bond donors (Lipinski definition) is 2. The largest absolute Gasteiger partial charge is 0.497 e. The molecule has 3 aromatic rings. The number of benzene rings is 2. The van der Waals surface area contributed by atoms with Gasteiger partial charge in [0.25, 0.3) is 5.91 Å². The third-order valence-corrected chi connectivity index (χ3v) is 4.20. The maximum Gasteiger partial charge on any atom is 0.274 e. The zero-order valence-electron chi connectivity index (χ0n) is 15.2. The fraction of sp³-hybridized carbons (Fsp3) is 0.150. The molecule has 0 radical (unpaired) electrons. The summed E-state index contributed by atoms with van der Waals surface area (Å²) in [7, 11) is 1.59. The lowest BCUT2D eigenvalue weighted by molar-refractivity contribution is 0.102. The summed E-state index contributed by atoms with van der Waals surface area (Å²) in [6.45, 7) is 3.92. The van der Waals surface area contributed by atoms with Gasteiger partial charge in [-0.2, -0.15) is 0 Å². The summed E-state index contributed by atoms with van der Waals surface area (Å²) in [5.41, 5.74) is 3.64. The molecule has 0 bridgehead atoms. The number of aromatic nitrogens is 2. The van der Waals surface area contributed by atoms with Gasteiger partial charge in [-0.3, -0.25) is 4.79 Å². The number of halogens is 1. The van der Waals surface area contributed by atoms with E-state index in [9.17, 15) is 4.79 Å². The molecule has 2 N–H and O–H groups in total. The third-order valence-electron chi connectivity index (χ3n) is 3.90. The Kier molecular flexibility index (Phi) is 5.57. The van der Waals surface area contributed by atoms with Crippen LogP contribution in [0.15, 0.2) is 48.7 Å². The zero-order valence-corrected chi connectivity index (χ0v) is 16.0. The Hall–Kier alpha value is -3.12. The van der Waals surface area contributed by atoms with Crippen LogP contribution in [0.3, 0.4) is 0 Å². The van der Waals surface area contributed by atoms with Crippen molar-refractivity contribution in [2.75, 3.05) is 17.7 Å². The first-order chi connectivity index (χ1) is 13.0. The lowest BCUT2D eigenvalue weighted by Crippen LogP contribution is -2.14. The number of anilines is 3. The van der Waals surface area contributed by atoms with Gasteiger partial charge in [-0.05, 0) is 61.4 Å². The van der Waals surface area contributed by atoms with Gasteiger partial charge >= 0.3 is 0 Å². The molecule has 0 spiro atoms. The van der Waals surface area contributed by atoms with Crippen molar-refractivity contribution in [2.45, 2.75) is 13.8 Å². The molecule has 0 aliphatic rings. The van der Waals surface area contributed by atoms with E-state index in [1.54, 1.807) is 37.4 Å². The Morgan fingerprint density at radius 3 is 2.52 bits per heavy atom. The van der Waals surface area contributed by atoms with Crippen molar-refractivity contribution in [3.63, 3.8) is 0 Å². The molecule has 138 valence electrons. The van der Waals surface area contributed by atoms with Crippen LogP contribution in [0, 0.1) is 13.8 Å². The maximum atomic E-state index is 12.5. The van der Waals surface area contributed by atoms with Crippen LogP contribution in [-0.4, -0.2) is 23.0 Å². The molecule has 1 amide bonds. The number of ether oxygens (including phenoxy) is 1. The van der Waals surface area contributed by atoms with E-state index in [2.05, 4.69) is 20.6 Å². The molecule has 3 rings (SSSR count). The lowest BCUT2D eigenvalue weighted by Gasteiger charge is -2.12. The monoisotopic (exact) mass is 382 g/mol. The van der Waals surface area contributed by atoms with E-state index in [1.165, 1.54) is 6.20 Å². The number of methoxy groups -OCH3 is 1. The average Bonchev–Trinajstić information content (AvgIpc) is 2.65. The minimum atomic E-state index is -0.336. The minimum Gasteiger partial charge on any atom is -0.497 e. The number of aryl methyl sites for hydroxylation is 2. The average molecular weight is 383 g/mol. The molecule has 0 saturated heterocycles. The quantitative estimate of drug-likeness (QED) is 0.665. The van der Waals surface area contributed by atoms with Gasteiger partial charge in [0, 0.05) is 11.9 Å². The molecule has 0 saturated carbocycles. The second-order valence-corrected chi connectivity index (χ2v) is 6.42. The Morgan fingerprint density at radius 1 is 1.11 bits per heavy atom. The van der Waals surface area contributed by atoms with Crippen molar-refractivity contribution in [1.82, 2.24) is 9.97 Å². The van der Waals surface area contributed by atoms with Crippen molar-refractivity contribution < 1.29 is 9.53 Å². The fourth-order valence-corrected chi connectivity index (χ4v) is 2.97. The summed E-state index contributed by atoms with van der Waals surface area (Å²) in [5, 5.41) is 6.46. The lowest BCUT2D eigenvalue weighted by atomic mass is 10.1. The number of hydrogen-bond acceptors (Lipinski definition) is 5. The first-order valence-electron chi connectivity index (χ1n) is 8.28. The van der Waals surface area contributed by atoms with Crippen molar-refractivity contribution in [1.29, 1.82) is 0 Å². The molecule has 2 aromatic carbocycles. The zero-order chi connectivity index (χ0) is 19.4. The van der Waals surface area contributed by atoms with Crippen LogP contribution in [0.5, 0.6) is 5.75 Å². The normalized spacial score (nSPS) is 10.4. The number of nitrogens with zero attached hydrogens (tertiary/aromatic N) is 2. The van der Waals surface area contributed by atoms with E-state index in [0.717, 1.165) is 16.8 Å². The Balaban J connectivity index is 1.77. The predicted octanol–water partition coefficient (Wildman–Crippen LogP) is 4.75. The molecule has 27 heavy (non-hydrogen) atoms. The minimum absolute atomic E-state index is 0.240. The first-order valence-corrected chi connectivity index (χ1v) is 8.66. The number of carbonyl (C=O) groups is 1. The third kappa shape index (κ3) is 4.54.